The molecule has 0 spiro atoms. The Bertz CT molecular complexity index is 1110. The third kappa shape index (κ3) is 5.69. The molecule has 0 atom stereocenters. The number of fused-ring (bicyclic) bond motifs is 1. The van der Waals surface area contributed by atoms with Crippen LogP contribution in [0.1, 0.15) is 44.9 Å². The molecule has 2 N–H and O–H groups in total. The summed E-state index contributed by atoms with van der Waals surface area (Å²) in [7, 11) is 0. The number of carbonyl (C=O) groups is 1. The smallest absolute Gasteiger partial charge is 0.305 e. The lowest BCUT2D eigenvalue weighted by Crippen LogP contribution is -2.31. The number of nitrogens with two attached hydrogens (primary N) is 1. The summed E-state index contributed by atoms with van der Waals surface area (Å²) >= 11 is 1.47. The number of nitrogen functional groups attached to an aromatic ring is 1. The Kier molecular flexibility index (Phi) is 7.24. The van der Waals surface area contributed by atoms with Crippen LogP contribution < -0.4 is 10.5 Å². The van der Waals surface area contributed by atoms with Crippen LogP contribution in [-0.4, -0.2) is 56.6 Å². The van der Waals surface area contributed by atoms with Crippen molar-refractivity contribution in [3.63, 3.8) is 0 Å². The summed E-state index contributed by atoms with van der Waals surface area (Å²) in [6, 6.07) is 5.68. The molecule has 0 amide bonds. The van der Waals surface area contributed by atoms with Gasteiger partial charge in [0, 0.05) is 43.3 Å². The van der Waals surface area contributed by atoms with E-state index in [1.54, 1.807) is 0 Å². The maximum absolute atomic E-state index is 11.5. The highest BCUT2D eigenvalue weighted by Crippen LogP contribution is 2.32. The standard InChI is InChI=1S/C23H30N6O3S/c1-4-31-21(30)6-5-10-28-11-9-19-17(13-28)14-29(27-19)23-26-25-22(33-23)16-7-8-20(18(24)12-16)32-15(2)3/h7-8,12,14-15H,4-6,9-11,13,24H2,1-3H3. The van der Waals surface area contributed by atoms with Crippen molar-refractivity contribution in [3.8, 4) is 21.5 Å². The summed E-state index contributed by atoms with van der Waals surface area (Å²) < 4.78 is 12.5. The maximum Gasteiger partial charge on any atom is 0.305 e. The van der Waals surface area contributed by atoms with Gasteiger partial charge in [-0.25, -0.2) is 4.68 Å². The quantitative estimate of drug-likeness (QED) is 0.374. The Morgan fingerprint density at radius 1 is 1.30 bits per heavy atom. The van der Waals surface area contributed by atoms with Crippen LogP contribution in [0.15, 0.2) is 24.4 Å². The van der Waals surface area contributed by atoms with E-state index in [2.05, 4.69) is 15.1 Å². The first-order valence-electron chi connectivity index (χ1n) is 11.3. The van der Waals surface area contributed by atoms with E-state index in [1.165, 1.54) is 16.9 Å². The average molecular weight is 471 g/mol. The van der Waals surface area contributed by atoms with Crippen LogP contribution in [0.2, 0.25) is 0 Å². The van der Waals surface area contributed by atoms with E-state index >= 15 is 0 Å². The van der Waals surface area contributed by atoms with Crippen molar-refractivity contribution in [3.05, 3.63) is 35.7 Å². The fourth-order valence-corrected chi connectivity index (χ4v) is 4.58. The first-order chi connectivity index (χ1) is 15.9. The van der Waals surface area contributed by atoms with Gasteiger partial charge in [-0.15, -0.1) is 10.2 Å². The normalized spacial score (nSPS) is 13.8. The minimum Gasteiger partial charge on any atom is -0.489 e. The van der Waals surface area contributed by atoms with E-state index in [-0.39, 0.29) is 12.1 Å². The number of hydrogen-bond donors (Lipinski definition) is 1. The zero-order valence-electron chi connectivity index (χ0n) is 19.3. The van der Waals surface area contributed by atoms with E-state index in [1.807, 2.05) is 49.8 Å². The molecule has 2 aromatic heterocycles. The Morgan fingerprint density at radius 3 is 2.91 bits per heavy atom. The van der Waals surface area contributed by atoms with Crippen molar-refractivity contribution < 1.29 is 14.3 Å². The molecule has 3 heterocycles. The van der Waals surface area contributed by atoms with E-state index in [9.17, 15) is 4.79 Å². The van der Waals surface area contributed by atoms with Gasteiger partial charge >= 0.3 is 5.97 Å². The van der Waals surface area contributed by atoms with Crippen molar-refractivity contribution in [2.24, 2.45) is 0 Å². The molecule has 0 aliphatic carbocycles. The van der Waals surface area contributed by atoms with Gasteiger partial charge in [0.1, 0.15) is 10.8 Å². The van der Waals surface area contributed by atoms with Crippen LogP contribution in [-0.2, 0) is 22.5 Å². The molecule has 1 aliphatic heterocycles. The fraction of sp³-hybridized carbons (Fsp3) is 0.478. The summed E-state index contributed by atoms with van der Waals surface area (Å²) in [5, 5.41) is 14.9. The average Bonchev–Trinajstić information content (AvgIpc) is 3.42. The van der Waals surface area contributed by atoms with Crippen LogP contribution in [0.3, 0.4) is 0 Å². The van der Waals surface area contributed by atoms with Gasteiger partial charge in [0.05, 0.1) is 24.1 Å². The molecule has 0 radical (unpaired) electrons. The van der Waals surface area contributed by atoms with Gasteiger partial charge in [-0.05, 0) is 51.9 Å². The molecular weight excluding hydrogens is 440 g/mol. The van der Waals surface area contributed by atoms with Crippen LogP contribution in [0.4, 0.5) is 5.69 Å². The van der Waals surface area contributed by atoms with Crippen molar-refractivity contribution >= 4 is 23.0 Å². The molecular formula is C23H30N6O3S. The first-order valence-corrected chi connectivity index (χ1v) is 12.1. The second kappa shape index (κ2) is 10.3. The Morgan fingerprint density at radius 2 is 2.15 bits per heavy atom. The largest absolute Gasteiger partial charge is 0.489 e. The minimum atomic E-state index is -0.126. The highest BCUT2D eigenvalue weighted by Gasteiger charge is 2.21. The third-order valence-corrected chi connectivity index (χ3v) is 6.29. The monoisotopic (exact) mass is 470 g/mol. The second-order valence-corrected chi connectivity index (χ2v) is 9.25. The maximum atomic E-state index is 11.5. The molecule has 1 aromatic carbocycles. The number of anilines is 1. The summed E-state index contributed by atoms with van der Waals surface area (Å²) in [4.78, 5) is 13.9. The van der Waals surface area contributed by atoms with Gasteiger partial charge in [0.2, 0.25) is 5.13 Å². The van der Waals surface area contributed by atoms with Gasteiger partial charge in [0.25, 0.3) is 0 Å². The molecule has 4 rings (SSSR count). The fourth-order valence-electron chi connectivity index (χ4n) is 3.81. The lowest BCUT2D eigenvalue weighted by atomic mass is 10.1. The second-order valence-electron chi connectivity index (χ2n) is 8.29. The lowest BCUT2D eigenvalue weighted by molar-refractivity contribution is -0.143. The summed E-state index contributed by atoms with van der Waals surface area (Å²) in [6.07, 6.45) is 4.23. The van der Waals surface area contributed by atoms with Gasteiger partial charge in [-0.2, -0.15) is 5.10 Å². The van der Waals surface area contributed by atoms with Crippen LogP contribution in [0, 0.1) is 0 Å². The van der Waals surface area contributed by atoms with Crippen LogP contribution >= 0.6 is 11.3 Å². The number of carbonyl (C=O) groups excluding carboxylic acids is 1. The highest BCUT2D eigenvalue weighted by molar-refractivity contribution is 7.17. The highest BCUT2D eigenvalue weighted by atomic mass is 32.1. The molecule has 3 aromatic rings. The first kappa shape index (κ1) is 23.2. The number of hydrogen-bond acceptors (Lipinski definition) is 9. The van der Waals surface area contributed by atoms with E-state index in [0.717, 1.165) is 48.7 Å². The molecule has 176 valence electrons. The third-order valence-electron chi connectivity index (χ3n) is 5.33. The Labute approximate surface area is 197 Å². The number of ether oxygens (including phenoxy) is 2. The van der Waals surface area contributed by atoms with Crippen LogP contribution in [0.5, 0.6) is 5.75 Å². The van der Waals surface area contributed by atoms with Crippen molar-refractivity contribution in [2.45, 2.75) is 52.7 Å². The summed E-state index contributed by atoms with van der Waals surface area (Å²) in [5.74, 6) is 0.545. The van der Waals surface area contributed by atoms with E-state index < -0.39 is 0 Å². The van der Waals surface area contributed by atoms with E-state index in [4.69, 9.17) is 20.3 Å². The zero-order chi connectivity index (χ0) is 23.4. The lowest BCUT2D eigenvalue weighted by Gasteiger charge is -2.25. The molecule has 9 nitrogen and oxygen atoms in total. The number of aromatic nitrogens is 4. The Hall–Kier alpha value is -2.98. The topological polar surface area (TPSA) is 108 Å². The van der Waals surface area contributed by atoms with Crippen molar-refractivity contribution in [2.75, 3.05) is 25.4 Å². The minimum absolute atomic E-state index is 0.0608. The van der Waals surface area contributed by atoms with Gasteiger partial charge < -0.3 is 15.2 Å². The van der Waals surface area contributed by atoms with Gasteiger partial charge in [-0.3, -0.25) is 9.69 Å². The number of esters is 1. The SMILES string of the molecule is CCOC(=O)CCCN1CCc2nn(-c3nnc(-c4ccc(OC(C)C)c(N)c4)s3)cc2C1. The van der Waals surface area contributed by atoms with Gasteiger partial charge in [-0.1, -0.05) is 11.3 Å². The van der Waals surface area contributed by atoms with Crippen LogP contribution in [0.25, 0.3) is 15.7 Å². The number of nitrogens with zero attached hydrogens (tertiary/aromatic N) is 5. The summed E-state index contributed by atoms with van der Waals surface area (Å²) in [5.41, 5.74) is 9.91. The molecule has 0 saturated heterocycles. The molecule has 1 aliphatic rings. The molecule has 0 unspecified atom stereocenters. The summed E-state index contributed by atoms with van der Waals surface area (Å²) in [6.45, 7) is 8.81. The van der Waals surface area contributed by atoms with Crippen molar-refractivity contribution in [1.29, 1.82) is 0 Å². The predicted octanol–water partition coefficient (Wildman–Crippen LogP) is 3.46. The molecule has 0 bridgehead atoms. The van der Waals surface area contributed by atoms with E-state index in [0.29, 0.717) is 29.6 Å². The zero-order valence-corrected chi connectivity index (χ0v) is 20.1. The Balaban J connectivity index is 1.41. The van der Waals surface area contributed by atoms with Crippen molar-refractivity contribution in [1.82, 2.24) is 24.9 Å². The molecule has 0 fully saturated rings. The number of benzene rings is 1. The molecule has 33 heavy (non-hydrogen) atoms. The number of rotatable bonds is 9. The molecule has 10 heteroatoms. The van der Waals surface area contributed by atoms with Gasteiger partial charge in [0.15, 0.2) is 0 Å². The predicted molar refractivity (Wildman–Crippen MR) is 127 cm³/mol. The molecule has 0 saturated carbocycles.